The predicted molar refractivity (Wildman–Crippen MR) is 81.9 cm³/mol. The number of nitrogen functional groups attached to an aromatic ring is 1. The summed E-state index contributed by atoms with van der Waals surface area (Å²) in [5.41, 5.74) is 7.55. The van der Waals surface area contributed by atoms with Gasteiger partial charge in [-0.2, -0.15) is 10.1 Å². The molecule has 4 N–H and O–H groups in total. The predicted octanol–water partition coefficient (Wildman–Crippen LogP) is 2.49. The summed E-state index contributed by atoms with van der Waals surface area (Å²) in [5, 5.41) is 17.9. The van der Waals surface area contributed by atoms with Crippen LogP contribution in [0, 0.1) is 4.77 Å². The van der Waals surface area contributed by atoms with Crippen LogP contribution in [0.3, 0.4) is 0 Å². The van der Waals surface area contributed by atoms with E-state index in [9.17, 15) is 5.11 Å². The quantitative estimate of drug-likeness (QED) is 0.497. The van der Waals surface area contributed by atoms with E-state index in [1.54, 1.807) is 28.8 Å². The number of aromatic nitrogens is 4. The van der Waals surface area contributed by atoms with Crippen LogP contribution in [0.2, 0.25) is 0 Å². The minimum absolute atomic E-state index is 0.181. The van der Waals surface area contributed by atoms with Crippen LogP contribution in [0.15, 0.2) is 29.3 Å². The van der Waals surface area contributed by atoms with Gasteiger partial charge in [-0.15, -0.1) is 11.8 Å². The Labute approximate surface area is 123 Å². The second kappa shape index (κ2) is 4.80. The highest BCUT2D eigenvalue weighted by atomic mass is 32.2. The molecule has 0 saturated carbocycles. The van der Waals surface area contributed by atoms with Crippen LogP contribution >= 0.6 is 24.0 Å². The highest BCUT2D eigenvalue weighted by molar-refractivity contribution is 7.98. The van der Waals surface area contributed by atoms with Crippen molar-refractivity contribution in [2.45, 2.75) is 5.03 Å². The Bertz CT molecular complexity index is 837. The number of H-pyrrole nitrogens is 1. The maximum absolute atomic E-state index is 9.36. The zero-order valence-electron chi connectivity index (χ0n) is 10.5. The molecule has 102 valence electrons. The van der Waals surface area contributed by atoms with E-state index >= 15 is 0 Å². The molecule has 8 heteroatoms. The molecule has 0 aliphatic carbocycles. The van der Waals surface area contributed by atoms with Gasteiger partial charge < -0.3 is 10.8 Å². The van der Waals surface area contributed by atoms with Crippen LogP contribution in [0.5, 0.6) is 5.75 Å². The molecular formula is C12H11N5OS2. The average Bonchev–Trinajstić information content (AvgIpc) is 2.84. The summed E-state index contributed by atoms with van der Waals surface area (Å²) in [7, 11) is 0. The van der Waals surface area contributed by atoms with Gasteiger partial charge in [0.25, 0.3) is 0 Å². The summed E-state index contributed by atoms with van der Waals surface area (Å²) in [6, 6.07) is 6.61. The van der Waals surface area contributed by atoms with Crippen LogP contribution in [-0.4, -0.2) is 31.1 Å². The molecule has 0 aliphatic heterocycles. The lowest BCUT2D eigenvalue weighted by molar-refractivity contribution is 0.475. The van der Waals surface area contributed by atoms with Gasteiger partial charge in [0.05, 0.1) is 11.1 Å². The minimum Gasteiger partial charge on any atom is -0.508 e. The molecule has 0 amide bonds. The normalized spacial score (nSPS) is 11.1. The Kier molecular flexibility index (Phi) is 3.11. The zero-order valence-corrected chi connectivity index (χ0v) is 12.1. The Morgan fingerprint density at radius 2 is 2.05 bits per heavy atom. The molecule has 6 nitrogen and oxygen atoms in total. The minimum atomic E-state index is 0.181. The number of fused-ring (bicyclic) bond motifs is 1. The van der Waals surface area contributed by atoms with Crippen LogP contribution in [0.25, 0.3) is 16.7 Å². The van der Waals surface area contributed by atoms with E-state index in [0.717, 1.165) is 16.1 Å². The van der Waals surface area contributed by atoms with Crippen molar-refractivity contribution in [3.63, 3.8) is 0 Å². The van der Waals surface area contributed by atoms with Crippen molar-refractivity contribution in [1.82, 2.24) is 19.7 Å². The molecule has 3 aromatic rings. The standard InChI is InChI=1S/C12H11N5OS2/c1-20-11-8-9(13)17(6-2-4-7(18)5-3-6)12(19)14-10(8)15-16-11/h2-5,18H,13H2,1H3,(H,14,15,19). The van der Waals surface area contributed by atoms with Crippen molar-refractivity contribution in [2.75, 3.05) is 12.0 Å². The molecule has 20 heavy (non-hydrogen) atoms. The van der Waals surface area contributed by atoms with Crippen molar-refractivity contribution in [2.24, 2.45) is 0 Å². The molecule has 0 fully saturated rings. The molecule has 0 spiro atoms. The summed E-state index contributed by atoms with van der Waals surface area (Å²) in [5.74, 6) is 0.657. The maximum atomic E-state index is 9.36. The fraction of sp³-hybridized carbons (Fsp3) is 0.0833. The molecule has 0 radical (unpaired) electrons. The average molecular weight is 305 g/mol. The lowest BCUT2D eigenvalue weighted by Crippen LogP contribution is -2.07. The molecule has 0 unspecified atom stereocenters. The highest BCUT2D eigenvalue weighted by Gasteiger charge is 2.14. The number of nitrogens with one attached hydrogen (secondary N) is 1. The van der Waals surface area contributed by atoms with Gasteiger partial charge in [0.1, 0.15) is 16.6 Å². The van der Waals surface area contributed by atoms with Crippen molar-refractivity contribution < 1.29 is 5.11 Å². The number of benzene rings is 1. The molecule has 2 heterocycles. The first-order chi connectivity index (χ1) is 9.61. The second-order valence-electron chi connectivity index (χ2n) is 4.09. The first kappa shape index (κ1) is 12.9. The van der Waals surface area contributed by atoms with E-state index in [1.807, 2.05) is 6.26 Å². The van der Waals surface area contributed by atoms with Gasteiger partial charge in [-0.3, -0.25) is 9.67 Å². The third-order valence-electron chi connectivity index (χ3n) is 2.91. The number of anilines is 1. The first-order valence-electron chi connectivity index (χ1n) is 5.72. The molecule has 3 rings (SSSR count). The number of thioether (sulfide) groups is 1. The van der Waals surface area contributed by atoms with E-state index in [4.69, 9.17) is 18.0 Å². The molecule has 0 aliphatic rings. The number of nitrogens with two attached hydrogens (primary N) is 1. The molecule has 0 bridgehead atoms. The number of phenols is 1. The number of phenolic OH excluding ortho intramolecular Hbond substituents is 1. The number of aromatic hydroxyl groups is 1. The molecule has 0 saturated heterocycles. The van der Waals surface area contributed by atoms with Crippen molar-refractivity contribution in [3.05, 3.63) is 29.0 Å². The second-order valence-corrected chi connectivity index (χ2v) is 5.25. The van der Waals surface area contributed by atoms with Gasteiger partial charge in [0, 0.05) is 0 Å². The van der Waals surface area contributed by atoms with Crippen molar-refractivity contribution in [3.8, 4) is 11.4 Å². The molecule has 1 aromatic carbocycles. The third kappa shape index (κ3) is 1.93. The number of hydrogen-bond donors (Lipinski definition) is 3. The largest absolute Gasteiger partial charge is 0.508 e. The monoisotopic (exact) mass is 305 g/mol. The van der Waals surface area contributed by atoms with Gasteiger partial charge in [0.15, 0.2) is 5.65 Å². The van der Waals surface area contributed by atoms with Crippen molar-refractivity contribution in [1.29, 1.82) is 0 Å². The van der Waals surface area contributed by atoms with Crippen LogP contribution in [0.1, 0.15) is 0 Å². The number of nitrogens with zero attached hydrogens (tertiary/aromatic N) is 3. The van der Waals surface area contributed by atoms with E-state index in [-0.39, 0.29) is 5.75 Å². The fourth-order valence-corrected chi connectivity index (χ4v) is 2.83. The van der Waals surface area contributed by atoms with Gasteiger partial charge in [-0.25, -0.2) is 0 Å². The summed E-state index contributed by atoms with van der Waals surface area (Å²) < 4.78 is 1.99. The van der Waals surface area contributed by atoms with Crippen LogP contribution in [0.4, 0.5) is 5.82 Å². The number of rotatable bonds is 2. The Morgan fingerprint density at radius 3 is 2.70 bits per heavy atom. The highest BCUT2D eigenvalue weighted by Crippen LogP contribution is 2.29. The summed E-state index contributed by atoms with van der Waals surface area (Å²) in [6.07, 6.45) is 1.92. The van der Waals surface area contributed by atoms with Gasteiger partial charge >= 0.3 is 0 Å². The molecule has 2 aromatic heterocycles. The lowest BCUT2D eigenvalue weighted by Gasteiger charge is -2.11. The molecule has 0 atom stereocenters. The lowest BCUT2D eigenvalue weighted by atomic mass is 10.3. The van der Waals surface area contributed by atoms with Crippen LogP contribution < -0.4 is 5.73 Å². The van der Waals surface area contributed by atoms with Crippen LogP contribution in [-0.2, 0) is 0 Å². The van der Waals surface area contributed by atoms with E-state index in [0.29, 0.717) is 16.2 Å². The SMILES string of the molecule is CSc1n[nH]c2nc(=S)n(-c3ccc(O)cc3)c(N)c12. The van der Waals surface area contributed by atoms with Gasteiger partial charge in [-0.05, 0) is 42.7 Å². The smallest absolute Gasteiger partial charge is 0.207 e. The maximum Gasteiger partial charge on any atom is 0.207 e. The summed E-state index contributed by atoms with van der Waals surface area (Å²) in [4.78, 5) is 4.31. The van der Waals surface area contributed by atoms with E-state index in [1.165, 1.54) is 11.8 Å². The third-order valence-corrected chi connectivity index (χ3v) is 3.87. The molecular weight excluding hydrogens is 294 g/mol. The van der Waals surface area contributed by atoms with E-state index in [2.05, 4.69) is 15.2 Å². The fourth-order valence-electron chi connectivity index (χ4n) is 1.99. The Morgan fingerprint density at radius 1 is 1.35 bits per heavy atom. The van der Waals surface area contributed by atoms with Crippen molar-refractivity contribution >= 4 is 40.8 Å². The zero-order chi connectivity index (χ0) is 14.3. The number of aromatic amines is 1. The Hall–Kier alpha value is -2.06. The topological polar surface area (TPSA) is 92.8 Å². The number of hydrogen-bond acceptors (Lipinski definition) is 6. The first-order valence-corrected chi connectivity index (χ1v) is 7.35. The summed E-state index contributed by atoms with van der Waals surface area (Å²) >= 11 is 6.76. The Balaban J connectivity index is 2.35. The van der Waals surface area contributed by atoms with E-state index < -0.39 is 0 Å². The van der Waals surface area contributed by atoms with Gasteiger partial charge in [0.2, 0.25) is 4.77 Å². The summed E-state index contributed by atoms with van der Waals surface area (Å²) in [6.45, 7) is 0. The van der Waals surface area contributed by atoms with Gasteiger partial charge in [-0.1, -0.05) is 0 Å².